The van der Waals surface area contributed by atoms with Gasteiger partial charge in [-0.05, 0) is 19.0 Å². The highest BCUT2D eigenvalue weighted by atomic mass is 29.3. The third-order valence-corrected chi connectivity index (χ3v) is 18.4. The molecule has 0 rings (SSSR count). The molecule has 1 nitrogen and oxygen atoms in total. The molecule has 0 saturated carbocycles. The zero-order valence-corrected chi connectivity index (χ0v) is 11.7. The van der Waals surface area contributed by atoms with Crippen LogP contribution in [0.3, 0.4) is 0 Å². The predicted octanol–water partition coefficient (Wildman–Crippen LogP) is 3.28. The van der Waals surface area contributed by atoms with E-state index in [0.29, 0.717) is 5.92 Å². The Morgan fingerprint density at radius 2 is 1.42 bits per heavy atom. The Morgan fingerprint density at radius 1 is 1.00 bits per heavy atom. The number of hydrogen-bond acceptors (Lipinski definition) is 1. The molecular weight excluding hydrogens is 180 g/mol. The molecule has 12 heavy (non-hydrogen) atoms. The van der Waals surface area contributed by atoms with Crippen LogP contribution < -0.4 is 0 Å². The van der Waals surface area contributed by atoms with Crippen LogP contribution in [0.2, 0.25) is 32.7 Å². The van der Waals surface area contributed by atoms with Gasteiger partial charge in [-0.3, -0.25) is 0 Å². The highest BCUT2D eigenvalue weighted by Gasteiger charge is 2.38. The first-order valence-corrected chi connectivity index (χ1v) is 12.2. The lowest BCUT2D eigenvalue weighted by atomic mass is 10.2. The molecule has 0 atom stereocenters. The average Bonchev–Trinajstić information content (AvgIpc) is 1.81. The highest BCUT2D eigenvalue weighted by Crippen LogP contribution is 2.20. The van der Waals surface area contributed by atoms with Crippen molar-refractivity contribution in [2.24, 2.45) is 5.92 Å². The summed E-state index contributed by atoms with van der Waals surface area (Å²) in [5, 5.41) is 0. The van der Waals surface area contributed by atoms with Crippen molar-refractivity contribution in [1.82, 2.24) is 0 Å². The van der Waals surface area contributed by atoms with Crippen molar-refractivity contribution in [3.63, 3.8) is 0 Å². The molecule has 0 aromatic carbocycles. The molecule has 74 valence electrons. The Morgan fingerprint density at radius 3 is 1.67 bits per heavy atom. The standard InChI is InChI=1S/C9H24OSi2/c1-9(2)8-10-12(6,7)11(3,4)5/h9H,8H2,1-7H3. The van der Waals surface area contributed by atoms with Gasteiger partial charge in [0.1, 0.15) is 0 Å². The van der Waals surface area contributed by atoms with Crippen LogP contribution in [0.5, 0.6) is 0 Å². The maximum Gasteiger partial charge on any atom is 0.173 e. The Bertz CT molecular complexity index is 136. The quantitative estimate of drug-likeness (QED) is 0.639. The summed E-state index contributed by atoms with van der Waals surface area (Å²) in [4.78, 5) is 0. The second-order valence-electron chi connectivity index (χ2n) is 5.47. The van der Waals surface area contributed by atoms with E-state index < -0.39 is 15.4 Å². The lowest BCUT2D eigenvalue weighted by Gasteiger charge is -2.35. The third-order valence-electron chi connectivity index (χ3n) is 2.58. The van der Waals surface area contributed by atoms with Gasteiger partial charge in [-0.2, -0.15) is 0 Å². The Hall–Kier alpha value is 0.394. The molecule has 0 N–H and O–H groups in total. The van der Waals surface area contributed by atoms with Crippen LogP contribution in [0.15, 0.2) is 0 Å². The third kappa shape index (κ3) is 3.87. The van der Waals surface area contributed by atoms with E-state index >= 15 is 0 Å². The second kappa shape index (κ2) is 4.07. The van der Waals surface area contributed by atoms with Crippen molar-refractivity contribution in [1.29, 1.82) is 0 Å². The minimum absolute atomic E-state index is 0.674. The maximum absolute atomic E-state index is 6.06. The van der Waals surface area contributed by atoms with Crippen LogP contribution in [0.1, 0.15) is 13.8 Å². The predicted molar refractivity (Wildman–Crippen MR) is 61.6 cm³/mol. The minimum atomic E-state index is -1.33. The lowest BCUT2D eigenvalue weighted by molar-refractivity contribution is 0.270. The largest absolute Gasteiger partial charge is 0.420 e. The van der Waals surface area contributed by atoms with Crippen LogP contribution in [-0.4, -0.2) is 22.0 Å². The van der Waals surface area contributed by atoms with E-state index in [1.165, 1.54) is 0 Å². The molecular formula is C9H24OSi2. The van der Waals surface area contributed by atoms with E-state index in [9.17, 15) is 0 Å². The lowest BCUT2D eigenvalue weighted by Crippen LogP contribution is -2.55. The van der Waals surface area contributed by atoms with Crippen molar-refractivity contribution >= 4 is 15.4 Å². The molecule has 0 unspecified atom stereocenters. The SMILES string of the molecule is CC(C)CO[Si](C)(C)[Si](C)(C)C. The molecule has 0 heterocycles. The summed E-state index contributed by atoms with van der Waals surface area (Å²) in [5.74, 6) is 0.674. The molecule has 0 spiro atoms. The van der Waals surface area contributed by atoms with E-state index in [-0.39, 0.29) is 0 Å². The van der Waals surface area contributed by atoms with E-state index in [1.807, 2.05) is 0 Å². The molecule has 0 aliphatic carbocycles. The van der Waals surface area contributed by atoms with Gasteiger partial charge >= 0.3 is 0 Å². The first-order chi connectivity index (χ1) is 5.17. The summed E-state index contributed by atoms with van der Waals surface area (Å²) in [5.41, 5.74) is 0. The van der Waals surface area contributed by atoms with Gasteiger partial charge in [-0.1, -0.05) is 33.5 Å². The monoisotopic (exact) mass is 204 g/mol. The topological polar surface area (TPSA) is 9.23 Å². The van der Waals surface area contributed by atoms with Gasteiger partial charge in [0.2, 0.25) is 0 Å². The number of rotatable bonds is 4. The fourth-order valence-electron chi connectivity index (χ4n) is 0.592. The maximum atomic E-state index is 6.06. The molecule has 0 aromatic rings. The average molecular weight is 204 g/mol. The zero-order valence-electron chi connectivity index (χ0n) is 9.69. The zero-order chi connectivity index (χ0) is 9.99. The van der Waals surface area contributed by atoms with E-state index in [2.05, 4.69) is 46.6 Å². The van der Waals surface area contributed by atoms with E-state index in [0.717, 1.165) is 6.61 Å². The van der Waals surface area contributed by atoms with Crippen LogP contribution in [0, 0.1) is 5.92 Å². The number of hydrogen-bond donors (Lipinski definition) is 0. The van der Waals surface area contributed by atoms with Crippen LogP contribution in [0.25, 0.3) is 0 Å². The normalized spacial score (nSPS) is 14.0. The Labute approximate surface area is 79.4 Å². The second-order valence-corrected chi connectivity index (χ2v) is 21.4. The van der Waals surface area contributed by atoms with Crippen LogP contribution in [-0.2, 0) is 4.43 Å². The smallest absolute Gasteiger partial charge is 0.173 e. The van der Waals surface area contributed by atoms with Crippen molar-refractivity contribution in [3.8, 4) is 0 Å². The Kier molecular flexibility index (Phi) is 4.20. The van der Waals surface area contributed by atoms with Gasteiger partial charge in [0.25, 0.3) is 0 Å². The summed E-state index contributed by atoms with van der Waals surface area (Å²) in [6.45, 7) is 17.4. The van der Waals surface area contributed by atoms with Crippen molar-refractivity contribution in [2.45, 2.75) is 46.6 Å². The van der Waals surface area contributed by atoms with E-state index in [4.69, 9.17) is 4.43 Å². The molecule has 0 bridgehead atoms. The summed E-state index contributed by atoms with van der Waals surface area (Å²) in [6, 6.07) is 0. The fourth-order valence-corrected chi connectivity index (χ4v) is 3.32. The minimum Gasteiger partial charge on any atom is -0.420 e. The summed E-state index contributed by atoms with van der Waals surface area (Å²) >= 11 is 0. The van der Waals surface area contributed by atoms with Gasteiger partial charge in [0.15, 0.2) is 7.83 Å². The molecule has 0 aliphatic rings. The van der Waals surface area contributed by atoms with Gasteiger partial charge in [0, 0.05) is 6.61 Å². The molecule has 0 saturated heterocycles. The molecule has 0 aliphatic heterocycles. The summed E-state index contributed by atoms with van der Waals surface area (Å²) < 4.78 is 6.06. The first-order valence-electron chi connectivity index (χ1n) is 4.81. The van der Waals surface area contributed by atoms with Crippen molar-refractivity contribution < 1.29 is 4.43 Å². The molecule has 0 fully saturated rings. The summed E-state index contributed by atoms with van der Waals surface area (Å²) in [6.07, 6.45) is 0. The van der Waals surface area contributed by atoms with Crippen LogP contribution >= 0.6 is 0 Å². The van der Waals surface area contributed by atoms with Gasteiger partial charge in [-0.15, -0.1) is 0 Å². The van der Waals surface area contributed by atoms with Gasteiger partial charge < -0.3 is 4.43 Å². The Balaban J connectivity index is 4.05. The molecule has 0 amide bonds. The van der Waals surface area contributed by atoms with Gasteiger partial charge in [-0.25, -0.2) is 0 Å². The summed E-state index contributed by atoms with van der Waals surface area (Å²) in [7, 11) is -2.36. The van der Waals surface area contributed by atoms with Crippen molar-refractivity contribution in [3.05, 3.63) is 0 Å². The van der Waals surface area contributed by atoms with E-state index in [1.54, 1.807) is 0 Å². The first kappa shape index (κ1) is 12.4. The molecule has 0 aromatic heterocycles. The molecule has 0 radical (unpaired) electrons. The highest BCUT2D eigenvalue weighted by molar-refractivity contribution is 7.37. The van der Waals surface area contributed by atoms with Crippen molar-refractivity contribution in [2.75, 3.05) is 6.61 Å². The van der Waals surface area contributed by atoms with Crippen LogP contribution in [0.4, 0.5) is 0 Å². The van der Waals surface area contributed by atoms with Gasteiger partial charge in [0.05, 0.1) is 7.59 Å². The molecule has 3 heteroatoms. The fraction of sp³-hybridized carbons (Fsp3) is 1.00.